The zero-order valence-corrected chi connectivity index (χ0v) is 8.33. The number of anilines is 1. The number of hydrogen-bond donors (Lipinski definition) is 1. The van der Waals surface area contributed by atoms with Gasteiger partial charge >= 0.3 is 0 Å². The zero-order valence-electron chi connectivity index (χ0n) is 7.58. The minimum absolute atomic E-state index is 0.0159. The lowest BCUT2D eigenvalue weighted by atomic mass is 10.3. The normalized spacial score (nSPS) is 15.7. The van der Waals surface area contributed by atoms with E-state index in [4.69, 9.17) is 17.3 Å². The molecule has 0 fully saturated rings. The quantitative estimate of drug-likeness (QED) is 0.790. The largest absolute Gasteiger partial charge is 0.385 e. The Balaban J connectivity index is 2.42. The third-order valence-electron chi connectivity index (χ3n) is 1.93. The van der Waals surface area contributed by atoms with Crippen LogP contribution in [0, 0.1) is 5.82 Å². The highest BCUT2D eigenvalue weighted by Crippen LogP contribution is 2.25. The molecule has 0 unspecified atom stereocenters. The number of benzene rings is 1. The molecule has 1 aromatic rings. The number of amidine groups is 1. The number of carbonyl (C=O) groups excluding carboxylic acids is 1. The fraction of sp³-hybridized carbons (Fsp3) is 0.111. The first kappa shape index (κ1) is 9.92. The number of hydrogen-bond acceptors (Lipinski definition) is 3. The Kier molecular flexibility index (Phi) is 2.32. The number of carbonyl (C=O) groups is 1. The second kappa shape index (κ2) is 3.51. The van der Waals surface area contributed by atoms with Crippen LogP contribution < -0.4 is 10.7 Å². The van der Waals surface area contributed by atoms with E-state index in [1.165, 1.54) is 12.1 Å². The molecule has 78 valence electrons. The summed E-state index contributed by atoms with van der Waals surface area (Å²) in [7, 11) is 0. The Hall–Kier alpha value is -1.62. The molecular weight excluding hydrogens is 221 g/mol. The number of amides is 1. The van der Waals surface area contributed by atoms with E-state index in [1.807, 2.05) is 0 Å². The van der Waals surface area contributed by atoms with Crippen LogP contribution in [0.3, 0.4) is 0 Å². The monoisotopic (exact) mass is 227 g/mol. The molecular formula is C9H7ClFN3O. The van der Waals surface area contributed by atoms with Crippen molar-refractivity contribution in [1.82, 2.24) is 0 Å². The molecule has 1 aliphatic rings. The molecule has 6 heteroatoms. The van der Waals surface area contributed by atoms with E-state index in [9.17, 15) is 9.18 Å². The van der Waals surface area contributed by atoms with E-state index < -0.39 is 5.82 Å². The van der Waals surface area contributed by atoms with Crippen LogP contribution in [0.15, 0.2) is 23.3 Å². The Morgan fingerprint density at radius 2 is 2.27 bits per heavy atom. The molecule has 2 N–H and O–H groups in total. The number of nitrogens with zero attached hydrogens (tertiary/aromatic N) is 2. The van der Waals surface area contributed by atoms with Gasteiger partial charge in [0.15, 0.2) is 0 Å². The van der Waals surface area contributed by atoms with Gasteiger partial charge in [0, 0.05) is 5.02 Å². The Morgan fingerprint density at radius 1 is 1.53 bits per heavy atom. The standard InChI is InChI=1S/C9H7ClFN3O/c10-5-1-2-7(6(11)3-5)14-9(15)4-8(12)13-14/h1-3H,4H2,(H2,12,13). The average molecular weight is 228 g/mol. The smallest absolute Gasteiger partial charge is 0.255 e. The van der Waals surface area contributed by atoms with Gasteiger partial charge in [-0.1, -0.05) is 11.6 Å². The third kappa shape index (κ3) is 1.78. The lowest BCUT2D eigenvalue weighted by molar-refractivity contribution is -0.116. The van der Waals surface area contributed by atoms with Crippen LogP contribution in [0.25, 0.3) is 0 Å². The number of nitrogens with two attached hydrogens (primary N) is 1. The second-order valence-electron chi connectivity index (χ2n) is 3.07. The Labute approximate surface area is 90.1 Å². The van der Waals surface area contributed by atoms with Crippen molar-refractivity contribution in [1.29, 1.82) is 0 Å². The van der Waals surface area contributed by atoms with E-state index in [2.05, 4.69) is 5.10 Å². The molecule has 0 spiro atoms. The summed E-state index contributed by atoms with van der Waals surface area (Å²) in [4.78, 5) is 11.4. The van der Waals surface area contributed by atoms with E-state index in [1.54, 1.807) is 0 Å². The van der Waals surface area contributed by atoms with Crippen molar-refractivity contribution < 1.29 is 9.18 Å². The molecule has 2 rings (SSSR count). The third-order valence-corrected chi connectivity index (χ3v) is 2.17. The fourth-order valence-electron chi connectivity index (χ4n) is 1.29. The van der Waals surface area contributed by atoms with E-state index in [-0.39, 0.29) is 28.9 Å². The molecule has 15 heavy (non-hydrogen) atoms. The van der Waals surface area contributed by atoms with Gasteiger partial charge in [-0.15, -0.1) is 0 Å². The molecule has 0 bridgehead atoms. The van der Waals surface area contributed by atoms with Crippen LogP contribution >= 0.6 is 11.6 Å². The maximum Gasteiger partial charge on any atom is 0.255 e. The second-order valence-corrected chi connectivity index (χ2v) is 3.51. The van der Waals surface area contributed by atoms with Crippen LogP contribution in [-0.4, -0.2) is 11.7 Å². The van der Waals surface area contributed by atoms with Gasteiger partial charge in [-0.3, -0.25) is 4.79 Å². The highest BCUT2D eigenvalue weighted by molar-refractivity contribution is 6.30. The maximum atomic E-state index is 13.4. The summed E-state index contributed by atoms with van der Waals surface area (Å²) in [6.07, 6.45) is 0.0159. The molecule has 1 aromatic carbocycles. The van der Waals surface area contributed by atoms with Crippen molar-refractivity contribution in [3.8, 4) is 0 Å². The Morgan fingerprint density at radius 3 is 2.80 bits per heavy atom. The molecule has 0 aromatic heterocycles. The molecule has 0 saturated heterocycles. The fourth-order valence-corrected chi connectivity index (χ4v) is 1.45. The summed E-state index contributed by atoms with van der Waals surface area (Å²) >= 11 is 5.58. The molecule has 0 aliphatic carbocycles. The molecule has 0 radical (unpaired) electrons. The zero-order chi connectivity index (χ0) is 11.0. The molecule has 0 atom stereocenters. The van der Waals surface area contributed by atoms with Crippen molar-refractivity contribution in [3.63, 3.8) is 0 Å². The first-order valence-corrected chi connectivity index (χ1v) is 4.56. The van der Waals surface area contributed by atoms with Gasteiger partial charge in [-0.25, -0.2) is 4.39 Å². The average Bonchev–Trinajstić information content (AvgIpc) is 2.45. The summed E-state index contributed by atoms with van der Waals surface area (Å²) < 4.78 is 13.4. The minimum atomic E-state index is -0.602. The van der Waals surface area contributed by atoms with Gasteiger partial charge in [0.1, 0.15) is 17.3 Å². The molecule has 1 aliphatic heterocycles. The maximum absolute atomic E-state index is 13.4. The highest BCUT2D eigenvalue weighted by Gasteiger charge is 2.25. The van der Waals surface area contributed by atoms with Crippen molar-refractivity contribution in [2.45, 2.75) is 6.42 Å². The topological polar surface area (TPSA) is 58.7 Å². The van der Waals surface area contributed by atoms with Crippen LogP contribution in [0.4, 0.5) is 10.1 Å². The van der Waals surface area contributed by atoms with Crippen molar-refractivity contribution >= 4 is 29.0 Å². The number of halogens is 2. The molecule has 1 heterocycles. The highest BCUT2D eigenvalue weighted by atomic mass is 35.5. The van der Waals surface area contributed by atoms with E-state index >= 15 is 0 Å². The van der Waals surface area contributed by atoms with Crippen LogP contribution in [-0.2, 0) is 4.79 Å². The van der Waals surface area contributed by atoms with Gasteiger partial charge in [-0.2, -0.15) is 10.1 Å². The summed E-state index contributed by atoms with van der Waals surface area (Å²) in [5, 5.41) is 4.93. The SMILES string of the molecule is NC1=NN(c2ccc(Cl)cc2F)C(=O)C1. The molecule has 0 saturated carbocycles. The number of rotatable bonds is 1. The summed E-state index contributed by atoms with van der Waals surface area (Å²) in [6.45, 7) is 0. The number of hydrazone groups is 1. The molecule has 1 amide bonds. The van der Waals surface area contributed by atoms with Crippen molar-refractivity contribution in [3.05, 3.63) is 29.0 Å². The first-order chi connectivity index (χ1) is 7.08. The summed E-state index contributed by atoms with van der Waals surface area (Å²) in [6, 6.07) is 3.99. The van der Waals surface area contributed by atoms with Crippen LogP contribution in [0.2, 0.25) is 5.02 Å². The molecule has 4 nitrogen and oxygen atoms in total. The lowest BCUT2D eigenvalue weighted by Gasteiger charge is -2.12. The Bertz CT molecular complexity index is 461. The predicted molar refractivity (Wildman–Crippen MR) is 55.1 cm³/mol. The van der Waals surface area contributed by atoms with Gasteiger partial charge < -0.3 is 5.73 Å². The first-order valence-electron chi connectivity index (χ1n) is 4.19. The van der Waals surface area contributed by atoms with Crippen molar-refractivity contribution in [2.75, 3.05) is 5.01 Å². The van der Waals surface area contributed by atoms with Crippen molar-refractivity contribution in [2.24, 2.45) is 10.8 Å². The minimum Gasteiger partial charge on any atom is -0.385 e. The van der Waals surface area contributed by atoms with E-state index in [0.29, 0.717) is 0 Å². The predicted octanol–water partition coefficient (Wildman–Crippen LogP) is 1.49. The van der Waals surface area contributed by atoms with Gasteiger partial charge in [0.05, 0.1) is 6.42 Å². The summed E-state index contributed by atoms with van der Waals surface area (Å²) in [5.74, 6) is -0.780. The van der Waals surface area contributed by atoms with E-state index in [0.717, 1.165) is 11.1 Å². The lowest BCUT2D eigenvalue weighted by Crippen LogP contribution is -2.20. The van der Waals surface area contributed by atoms with Gasteiger partial charge in [-0.05, 0) is 18.2 Å². The van der Waals surface area contributed by atoms with Gasteiger partial charge in [0.25, 0.3) is 5.91 Å². The van der Waals surface area contributed by atoms with Crippen LogP contribution in [0.1, 0.15) is 6.42 Å². The van der Waals surface area contributed by atoms with Crippen LogP contribution in [0.5, 0.6) is 0 Å². The van der Waals surface area contributed by atoms with Gasteiger partial charge in [0.2, 0.25) is 0 Å². The summed E-state index contributed by atoms with van der Waals surface area (Å²) in [5.41, 5.74) is 5.43.